The van der Waals surface area contributed by atoms with Gasteiger partial charge < -0.3 is 5.73 Å². The Balaban J connectivity index is 2.40. The molecule has 0 aliphatic carbocycles. The summed E-state index contributed by atoms with van der Waals surface area (Å²) in [7, 11) is 0. The first-order chi connectivity index (χ1) is 9.61. The van der Waals surface area contributed by atoms with Gasteiger partial charge in [0.2, 0.25) is 5.95 Å². The number of aromatic nitrogens is 2. The Labute approximate surface area is 122 Å². The Morgan fingerprint density at radius 1 is 1.30 bits per heavy atom. The second kappa shape index (κ2) is 4.62. The molecule has 1 aromatic heterocycles. The monoisotopic (exact) mass is 330 g/mol. The van der Waals surface area contributed by atoms with Crippen LogP contribution in [0.1, 0.15) is 5.56 Å². The second-order valence-electron chi connectivity index (χ2n) is 4.19. The quantitative estimate of drug-likeness (QED) is 0.743. The maximum absolute atomic E-state index is 13.5. The number of fused-ring (bicyclic) bond motifs is 1. The molecular formula is C14H8BrFN4. The lowest BCUT2D eigenvalue weighted by Crippen LogP contribution is -2.01. The minimum absolute atomic E-state index is 0.203. The van der Waals surface area contributed by atoms with Crippen molar-refractivity contribution in [1.82, 2.24) is 9.55 Å². The van der Waals surface area contributed by atoms with Crippen LogP contribution in [0.2, 0.25) is 0 Å². The molecule has 98 valence electrons. The van der Waals surface area contributed by atoms with Crippen molar-refractivity contribution in [1.29, 1.82) is 5.26 Å². The lowest BCUT2D eigenvalue weighted by Gasteiger charge is -2.09. The van der Waals surface area contributed by atoms with Crippen LogP contribution in [0.3, 0.4) is 0 Å². The predicted molar refractivity (Wildman–Crippen MR) is 77.9 cm³/mol. The maximum atomic E-state index is 13.5. The fourth-order valence-electron chi connectivity index (χ4n) is 2.12. The number of nitrogens with zero attached hydrogens (tertiary/aromatic N) is 3. The van der Waals surface area contributed by atoms with Crippen molar-refractivity contribution in [3.05, 3.63) is 52.3 Å². The van der Waals surface area contributed by atoms with E-state index in [9.17, 15) is 4.39 Å². The minimum Gasteiger partial charge on any atom is -0.369 e. The Morgan fingerprint density at radius 2 is 2.10 bits per heavy atom. The number of para-hydroxylation sites is 1. The largest absolute Gasteiger partial charge is 0.369 e. The molecule has 0 unspecified atom stereocenters. The van der Waals surface area contributed by atoms with E-state index in [1.807, 2.05) is 0 Å². The molecule has 0 atom stereocenters. The molecular weight excluding hydrogens is 323 g/mol. The Morgan fingerprint density at radius 3 is 2.85 bits per heavy atom. The molecule has 2 N–H and O–H groups in total. The first kappa shape index (κ1) is 12.6. The zero-order chi connectivity index (χ0) is 14.3. The van der Waals surface area contributed by atoms with Crippen LogP contribution in [0.25, 0.3) is 16.7 Å². The molecule has 0 saturated heterocycles. The molecule has 4 nitrogen and oxygen atoms in total. The van der Waals surface area contributed by atoms with E-state index in [1.54, 1.807) is 28.8 Å². The minimum atomic E-state index is -0.374. The molecule has 6 heteroatoms. The van der Waals surface area contributed by atoms with Crippen molar-refractivity contribution >= 4 is 32.9 Å². The van der Waals surface area contributed by atoms with E-state index in [4.69, 9.17) is 11.0 Å². The highest BCUT2D eigenvalue weighted by molar-refractivity contribution is 9.10. The highest BCUT2D eigenvalue weighted by atomic mass is 79.9. The number of nitrogens with two attached hydrogens (primary N) is 1. The summed E-state index contributed by atoms with van der Waals surface area (Å²) in [4.78, 5) is 4.21. The molecule has 2 aromatic carbocycles. The third-order valence-electron chi connectivity index (χ3n) is 2.98. The van der Waals surface area contributed by atoms with Crippen molar-refractivity contribution in [2.45, 2.75) is 0 Å². The number of anilines is 1. The van der Waals surface area contributed by atoms with Crippen molar-refractivity contribution in [2.24, 2.45) is 0 Å². The van der Waals surface area contributed by atoms with E-state index >= 15 is 0 Å². The highest BCUT2D eigenvalue weighted by Crippen LogP contribution is 2.30. The third kappa shape index (κ3) is 1.84. The van der Waals surface area contributed by atoms with Gasteiger partial charge in [0, 0.05) is 4.47 Å². The average Bonchev–Trinajstić information content (AvgIpc) is 2.77. The molecule has 3 aromatic rings. The lowest BCUT2D eigenvalue weighted by molar-refractivity contribution is 0.626. The van der Waals surface area contributed by atoms with Gasteiger partial charge in [-0.15, -0.1) is 0 Å². The number of nitriles is 1. The molecule has 0 spiro atoms. The summed E-state index contributed by atoms with van der Waals surface area (Å²) >= 11 is 3.37. The number of halogens is 2. The maximum Gasteiger partial charge on any atom is 0.206 e. The Kier molecular flexibility index (Phi) is 2.92. The zero-order valence-electron chi connectivity index (χ0n) is 10.1. The molecule has 0 aliphatic heterocycles. The summed E-state index contributed by atoms with van der Waals surface area (Å²) in [6.45, 7) is 0. The SMILES string of the molecule is N#Cc1cccc2c1nc(N)n2-c1cc(F)ccc1Br. The Bertz CT molecular complexity index is 863. The zero-order valence-corrected chi connectivity index (χ0v) is 11.7. The molecule has 0 saturated carbocycles. The number of nitrogen functional groups attached to an aromatic ring is 1. The van der Waals surface area contributed by atoms with Gasteiger partial charge in [0.25, 0.3) is 0 Å². The topological polar surface area (TPSA) is 67.6 Å². The van der Waals surface area contributed by atoms with E-state index in [0.717, 1.165) is 0 Å². The van der Waals surface area contributed by atoms with Crippen LogP contribution in [-0.4, -0.2) is 9.55 Å². The average molecular weight is 331 g/mol. The third-order valence-corrected chi connectivity index (χ3v) is 3.65. The van der Waals surface area contributed by atoms with Gasteiger partial charge in [-0.3, -0.25) is 4.57 Å². The van der Waals surface area contributed by atoms with Crippen LogP contribution in [0.4, 0.5) is 10.3 Å². The summed E-state index contributed by atoms with van der Waals surface area (Å²) in [5, 5.41) is 9.10. The molecule has 1 heterocycles. The van der Waals surface area contributed by atoms with Crippen molar-refractivity contribution in [3.63, 3.8) is 0 Å². The molecule has 0 aliphatic rings. The summed E-state index contributed by atoms with van der Waals surface area (Å²) in [5.74, 6) is -0.171. The van der Waals surface area contributed by atoms with Crippen LogP contribution in [-0.2, 0) is 0 Å². The number of imidazole rings is 1. The lowest BCUT2D eigenvalue weighted by atomic mass is 10.2. The molecule has 0 radical (unpaired) electrons. The molecule has 0 fully saturated rings. The highest BCUT2D eigenvalue weighted by Gasteiger charge is 2.15. The van der Waals surface area contributed by atoms with Gasteiger partial charge in [-0.25, -0.2) is 9.37 Å². The van der Waals surface area contributed by atoms with Crippen molar-refractivity contribution in [2.75, 3.05) is 5.73 Å². The predicted octanol–water partition coefficient (Wildman–Crippen LogP) is 3.38. The van der Waals surface area contributed by atoms with Crippen LogP contribution in [0.5, 0.6) is 0 Å². The molecule has 0 amide bonds. The van der Waals surface area contributed by atoms with E-state index < -0.39 is 0 Å². The van der Waals surface area contributed by atoms with E-state index in [-0.39, 0.29) is 11.8 Å². The van der Waals surface area contributed by atoms with Crippen LogP contribution >= 0.6 is 15.9 Å². The van der Waals surface area contributed by atoms with Gasteiger partial charge in [0.1, 0.15) is 17.4 Å². The first-order valence-electron chi connectivity index (χ1n) is 5.74. The fourth-order valence-corrected chi connectivity index (χ4v) is 2.54. The smallest absolute Gasteiger partial charge is 0.206 e. The van der Waals surface area contributed by atoms with Gasteiger partial charge >= 0.3 is 0 Å². The van der Waals surface area contributed by atoms with Gasteiger partial charge in [-0.2, -0.15) is 5.26 Å². The number of hydrogen-bond acceptors (Lipinski definition) is 3. The van der Waals surface area contributed by atoms with Crippen LogP contribution in [0.15, 0.2) is 40.9 Å². The van der Waals surface area contributed by atoms with Gasteiger partial charge in [0.05, 0.1) is 16.8 Å². The van der Waals surface area contributed by atoms with E-state index in [0.29, 0.717) is 26.8 Å². The van der Waals surface area contributed by atoms with Crippen LogP contribution in [0, 0.1) is 17.1 Å². The van der Waals surface area contributed by atoms with Crippen molar-refractivity contribution < 1.29 is 4.39 Å². The summed E-state index contributed by atoms with van der Waals surface area (Å²) in [5.41, 5.74) is 8.06. The van der Waals surface area contributed by atoms with Gasteiger partial charge in [-0.05, 0) is 46.3 Å². The van der Waals surface area contributed by atoms with Gasteiger partial charge in [0.15, 0.2) is 0 Å². The summed E-state index contributed by atoms with van der Waals surface area (Å²) < 4.78 is 15.8. The number of rotatable bonds is 1. The first-order valence-corrected chi connectivity index (χ1v) is 6.53. The van der Waals surface area contributed by atoms with Gasteiger partial charge in [-0.1, -0.05) is 6.07 Å². The van der Waals surface area contributed by atoms with Crippen LogP contribution < -0.4 is 5.73 Å². The fraction of sp³-hybridized carbons (Fsp3) is 0. The summed E-state index contributed by atoms with van der Waals surface area (Å²) in [6.07, 6.45) is 0. The second-order valence-corrected chi connectivity index (χ2v) is 5.04. The van der Waals surface area contributed by atoms with E-state index in [1.165, 1.54) is 12.1 Å². The molecule has 0 bridgehead atoms. The molecule has 20 heavy (non-hydrogen) atoms. The van der Waals surface area contributed by atoms with Crippen molar-refractivity contribution in [3.8, 4) is 11.8 Å². The normalized spacial score (nSPS) is 10.7. The molecule has 3 rings (SSSR count). The standard InChI is InChI=1S/C14H8BrFN4/c15-10-5-4-9(16)6-12(10)20-11-3-1-2-8(7-17)13(11)19-14(20)18/h1-6H,(H2,18,19). The number of benzene rings is 2. The summed E-state index contributed by atoms with van der Waals surface area (Å²) in [6, 6.07) is 11.6. The Hall–Kier alpha value is -2.39. The van der Waals surface area contributed by atoms with E-state index in [2.05, 4.69) is 27.0 Å². The number of hydrogen-bond donors (Lipinski definition) is 1.